The molecule has 0 saturated carbocycles. The predicted molar refractivity (Wildman–Crippen MR) is 104 cm³/mol. The second-order valence-corrected chi connectivity index (χ2v) is 8.81. The summed E-state index contributed by atoms with van der Waals surface area (Å²) in [5, 5.41) is 7.40. The molecule has 0 bridgehead atoms. The molecule has 2 rings (SSSR count). The third kappa shape index (κ3) is 6.00. The van der Waals surface area contributed by atoms with Crippen LogP contribution in [0.15, 0.2) is 30.3 Å². The molecule has 2 aromatic rings. The van der Waals surface area contributed by atoms with Crippen LogP contribution < -0.4 is 5.32 Å². The second kappa shape index (κ2) is 8.51. The molecule has 8 heteroatoms. The number of sulfone groups is 1. The van der Waals surface area contributed by atoms with Crippen molar-refractivity contribution in [3.63, 3.8) is 0 Å². The maximum absolute atomic E-state index is 11.8. The average molecular weight is 396 g/mol. The third-order valence-corrected chi connectivity index (χ3v) is 5.08. The van der Waals surface area contributed by atoms with Crippen molar-refractivity contribution in [2.24, 2.45) is 0 Å². The summed E-state index contributed by atoms with van der Waals surface area (Å²) >= 11 is 6.40. The molecule has 1 heterocycles. The van der Waals surface area contributed by atoms with Gasteiger partial charge in [-0.2, -0.15) is 5.10 Å². The molecule has 1 amide bonds. The number of carbonyl (C=O) groups excluding carboxylic acids is 1. The van der Waals surface area contributed by atoms with E-state index < -0.39 is 9.84 Å². The topological polar surface area (TPSA) is 81.1 Å². The molecule has 1 N–H and O–H groups in total. The van der Waals surface area contributed by atoms with Crippen molar-refractivity contribution in [2.45, 2.75) is 20.4 Å². The number of benzene rings is 1. The zero-order valence-electron chi connectivity index (χ0n) is 15.0. The lowest BCUT2D eigenvalue weighted by Crippen LogP contribution is -2.27. The fraction of sp³-hybridized carbons (Fsp3) is 0.333. The van der Waals surface area contributed by atoms with E-state index in [1.807, 2.05) is 38.1 Å². The molecule has 0 spiro atoms. The monoisotopic (exact) mass is 395 g/mol. The Hall–Kier alpha value is -2.12. The number of aromatic nitrogens is 2. The molecule has 0 aliphatic rings. The lowest BCUT2D eigenvalue weighted by atomic mass is 10.1. The summed E-state index contributed by atoms with van der Waals surface area (Å²) in [5.74, 6) is -0.476. The molecular weight excluding hydrogens is 374 g/mol. The summed E-state index contributed by atoms with van der Waals surface area (Å²) in [5.41, 5.74) is 3.63. The van der Waals surface area contributed by atoms with E-state index in [0.29, 0.717) is 23.0 Å². The smallest absolute Gasteiger partial charge is 0.244 e. The van der Waals surface area contributed by atoms with Gasteiger partial charge in [0.25, 0.3) is 0 Å². The number of rotatable bonds is 7. The number of aryl methyl sites for hydroxylation is 2. The van der Waals surface area contributed by atoms with Crippen LogP contribution in [-0.4, -0.2) is 42.7 Å². The van der Waals surface area contributed by atoms with Gasteiger partial charge in [0.2, 0.25) is 5.91 Å². The summed E-state index contributed by atoms with van der Waals surface area (Å²) in [6.45, 7) is 4.45. The minimum Gasteiger partial charge on any atom is -0.352 e. The Morgan fingerprint density at radius 3 is 2.54 bits per heavy atom. The fourth-order valence-corrected chi connectivity index (χ4v) is 3.08. The number of amides is 1. The van der Waals surface area contributed by atoms with E-state index in [1.54, 1.807) is 10.8 Å². The Morgan fingerprint density at radius 2 is 1.92 bits per heavy atom. The maximum atomic E-state index is 11.8. The number of nitrogens with one attached hydrogen (secondary N) is 1. The van der Waals surface area contributed by atoms with Gasteiger partial charge in [-0.3, -0.25) is 4.79 Å². The van der Waals surface area contributed by atoms with Gasteiger partial charge in [-0.1, -0.05) is 41.4 Å². The summed E-state index contributed by atoms with van der Waals surface area (Å²) in [4.78, 5) is 11.8. The van der Waals surface area contributed by atoms with Crippen LogP contribution in [0.4, 0.5) is 0 Å². The van der Waals surface area contributed by atoms with Gasteiger partial charge in [0.15, 0.2) is 0 Å². The number of nitrogens with zero attached hydrogens (tertiary/aromatic N) is 2. The summed E-state index contributed by atoms with van der Waals surface area (Å²) < 4.78 is 23.8. The van der Waals surface area contributed by atoms with E-state index in [9.17, 15) is 13.2 Å². The Labute approximate surface area is 158 Å². The standard InChI is InChI=1S/C18H22ClN3O3S/c1-13-4-6-15(7-5-13)12-22-18(19)16(14(2)21-22)8-9-17(23)20-10-11-26(3,24)25/h4-9H,10-12H2,1-3H3,(H,20,23)/b9-8+. The summed E-state index contributed by atoms with van der Waals surface area (Å²) in [6.07, 6.45) is 4.04. The Balaban J connectivity index is 2.04. The van der Waals surface area contributed by atoms with Crippen molar-refractivity contribution in [3.8, 4) is 0 Å². The van der Waals surface area contributed by atoms with Crippen molar-refractivity contribution in [2.75, 3.05) is 18.6 Å². The van der Waals surface area contributed by atoms with E-state index in [0.717, 1.165) is 11.8 Å². The van der Waals surface area contributed by atoms with Crippen LogP contribution in [-0.2, 0) is 21.2 Å². The highest BCUT2D eigenvalue weighted by Gasteiger charge is 2.12. The predicted octanol–water partition coefficient (Wildman–Crippen LogP) is 2.38. The van der Waals surface area contributed by atoms with Crippen molar-refractivity contribution >= 4 is 33.4 Å². The summed E-state index contributed by atoms with van der Waals surface area (Å²) in [6, 6.07) is 8.10. The Bertz CT molecular complexity index is 916. The number of halogens is 1. The molecule has 0 aliphatic carbocycles. The zero-order chi connectivity index (χ0) is 19.3. The highest BCUT2D eigenvalue weighted by atomic mass is 35.5. The highest BCUT2D eigenvalue weighted by Crippen LogP contribution is 2.22. The Morgan fingerprint density at radius 1 is 1.27 bits per heavy atom. The van der Waals surface area contributed by atoms with Crippen molar-refractivity contribution in [3.05, 3.63) is 57.9 Å². The molecule has 0 fully saturated rings. The summed E-state index contributed by atoms with van der Waals surface area (Å²) in [7, 11) is -3.10. The van der Waals surface area contributed by atoms with Gasteiger partial charge in [0.1, 0.15) is 15.0 Å². The van der Waals surface area contributed by atoms with Crippen LogP contribution in [0.1, 0.15) is 22.4 Å². The number of carbonyl (C=O) groups is 1. The lowest BCUT2D eigenvalue weighted by molar-refractivity contribution is -0.116. The SMILES string of the molecule is Cc1ccc(Cn2nc(C)c(/C=C/C(=O)NCCS(C)(=O)=O)c2Cl)cc1. The van der Waals surface area contributed by atoms with Gasteiger partial charge in [0, 0.05) is 24.4 Å². The second-order valence-electron chi connectivity index (χ2n) is 6.19. The van der Waals surface area contributed by atoms with Gasteiger partial charge in [-0.25, -0.2) is 13.1 Å². The van der Waals surface area contributed by atoms with Crippen LogP contribution in [0.5, 0.6) is 0 Å². The first-order chi connectivity index (χ1) is 12.2. The van der Waals surface area contributed by atoms with Crippen molar-refractivity contribution < 1.29 is 13.2 Å². The lowest BCUT2D eigenvalue weighted by Gasteiger charge is -2.04. The van der Waals surface area contributed by atoms with E-state index >= 15 is 0 Å². The molecule has 140 valence electrons. The molecular formula is C18H22ClN3O3S. The van der Waals surface area contributed by atoms with Gasteiger partial charge in [-0.15, -0.1) is 0 Å². The van der Waals surface area contributed by atoms with Crippen LogP contribution in [0, 0.1) is 13.8 Å². The molecule has 26 heavy (non-hydrogen) atoms. The van der Waals surface area contributed by atoms with Crippen molar-refractivity contribution in [1.29, 1.82) is 0 Å². The molecule has 0 unspecified atom stereocenters. The minimum absolute atomic E-state index is 0.0708. The zero-order valence-corrected chi connectivity index (χ0v) is 16.6. The van der Waals surface area contributed by atoms with Crippen molar-refractivity contribution in [1.82, 2.24) is 15.1 Å². The van der Waals surface area contributed by atoms with Crippen LogP contribution in [0.2, 0.25) is 5.15 Å². The van der Waals surface area contributed by atoms with Crippen LogP contribution in [0.25, 0.3) is 6.08 Å². The third-order valence-electron chi connectivity index (χ3n) is 3.74. The van der Waals surface area contributed by atoms with Crippen LogP contribution in [0.3, 0.4) is 0 Å². The largest absolute Gasteiger partial charge is 0.352 e. The molecule has 1 aromatic heterocycles. The van der Waals surface area contributed by atoms with E-state index in [-0.39, 0.29) is 18.2 Å². The average Bonchev–Trinajstić information content (AvgIpc) is 2.80. The number of hydrogen-bond donors (Lipinski definition) is 1. The first-order valence-corrected chi connectivity index (χ1v) is 10.5. The molecule has 0 saturated heterocycles. The Kier molecular flexibility index (Phi) is 6.61. The van der Waals surface area contributed by atoms with Crippen LogP contribution >= 0.6 is 11.6 Å². The van der Waals surface area contributed by atoms with Gasteiger partial charge < -0.3 is 5.32 Å². The van der Waals surface area contributed by atoms with E-state index in [4.69, 9.17) is 11.6 Å². The first kappa shape index (κ1) is 20.2. The first-order valence-electron chi connectivity index (χ1n) is 8.08. The van der Waals surface area contributed by atoms with E-state index in [1.165, 1.54) is 11.6 Å². The normalized spacial score (nSPS) is 11.8. The minimum atomic E-state index is -3.10. The van der Waals surface area contributed by atoms with E-state index in [2.05, 4.69) is 10.4 Å². The quantitative estimate of drug-likeness (QED) is 0.730. The molecule has 0 aliphatic heterocycles. The van der Waals surface area contributed by atoms with Gasteiger partial charge >= 0.3 is 0 Å². The van der Waals surface area contributed by atoms with Gasteiger partial charge in [-0.05, 0) is 25.5 Å². The number of hydrogen-bond acceptors (Lipinski definition) is 4. The highest BCUT2D eigenvalue weighted by molar-refractivity contribution is 7.90. The fourth-order valence-electron chi connectivity index (χ4n) is 2.31. The molecule has 1 aromatic carbocycles. The van der Waals surface area contributed by atoms with Gasteiger partial charge in [0.05, 0.1) is 18.0 Å². The molecule has 0 radical (unpaired) electrons. The maximum Gasteiger partial charge on any atom is 0.244 e. The molecule has 0 atom stereocenters. The molecule has 6 nitrogen and oxygen atoms in total.